The average Bonchev–Trinajstić information content (AvgIpc) is 2.42. The minimum atomic E-state index is 0. The van der Waals surface area contributed by atoms with Crippen molar-refractivity contribution in [2.75, 3.05) is 52.9 Å². The lowest BCUT2D eigenvalue weighted by Crippen LogP contribution is -2.49. The number of likely N-dealkylation sites (N-methyl/N-ethyl adjacent to an activating group) is 1. The molecule has 0 bridgehead atoms. The van der Waals surface area contributed by atoms with E-state index < -0.39 is 0 Å². The monoisotopic (exact) mass is 393 g/mol. The quantitative estimate of drug-likeness (QED) is 0.308. The first-order chi connectivity index (χ1) is 9.17. The Balaban J connectivity index is 0.00000361. The molecule has 1 unspecified atom stereocenters. The maximum Gasteiger partial charge on any atom is 0.192 e. The molecule has 1 atom stereocenters. The van der Waals surface area contributed by atoms with Gasteiger partial charge in [-0.25, -0.2) is 0 Å². The smallest absolute Gasteiger partial charge is 0.192 e. The van der Waals surface area contributed by atoms with Gasteiger partial charge in [-0.2, -0.15) is 0 Å². The van der Waals surface area contributed by atoms with Gasteiger partial charge in [0.2, 0.25) is 0 Å². The van der Waals surface area contributed by atoms with Crippen LogP contribution in [0, 0.1) is 12.3 Å². The Morgan fingerprint density at radius 2 is 1.95 bits per heavy atom. The zero-order valence-electron chi connectivity index (χ0n) is 12.9. The Bertz CT molecular complexity index is 318. The topological polar surface area (TPSA) is 42.9 Å². The molecule has 1 aliphatic rings. The van der Waals surface area contributed by atoms with Crippen molar-refractivity contribution in [1.29, 1.82) is 0 Å². The predicted molar refractivity (Wildman–Crippen MR) is 96.8 cm³/mol. The molecule has 1 heterocycles. The van der Waals surface area contributed by atoms with Gasteiger partial charge in [0.25, 0.3) is 0 Å². The second-order valence-electron chi connectivity index (χ2n) is 4.97. The number of guanidine groups is 1. The van der Waals surface area contributed by atoms with Gasteiger partial charge in [-0.3, -0.25) is 9.89 Å². The van der Waals surface area contributed by atoms with Crippen molar-refractivity contribution in [2.24, 2.45) is 4.99 Å². The summed E-state index contributed by atoms with van der Waals surface area (Å²) in [7, 11) is 2.17. The highest BCUT2D eigenvalue weighted by molar-refractivity contribution is 14.0. The van der Waals surface area contributed by atoms with Gasteiger partial charge >= 0.3 is 0 Å². The van der Waals surface area contributed by atoms with E-state index in [1.165, 1.54) is 0 Å². The third-order valence-corrected chi connectivity index (χ3v) is 3.38. The van der Waals surface area contributed by atoms with Crippen LogP contribution < -0.4 is 10.6 Å². The summed E-state index contributed by atoms with van der Waals surface area (Å²) in [5.41, 5.74) is 0. The second kappa shape index (κ2) is 11.2. The molecule has 0 aromatic heterocycles. The summed E-state index contributed by atoms with van der Waals surface area (Å²) in [4.78, 5) is 9.45. The summed E-state index contributed by atoms with van der Waals surface area (Å²) >= 11 is 0. The first-order valence-corrected chi connectivity index (χ1v) is 7.05. The summed E-state index contributed by atoms with van der Waals surface area (Å²) in [6, 6.07) is 0.468. The first kappa shape index (κ1) is 19.5. The molecule has 0 aromatic rings. The van der Waals surface area contributed by atoms with Crippen LogP contribution in [0.3, 0.4) is 0 Å². The maximum absolute atomic E-state index is 5.25. The normalized spacial score (nSPS) is 18.8. The Morgan fingerprint density at radius 1 is 1.30 bits per heavy atom. The molecule has 0 aromatic carbocycles. The van der Waals surface area contributed by atoms with Crippen LogP contribution in [0.2, 0.25) is 0 Å². The molecular weight excluding hydrogens is 365 g/mol. The molecule has 1 rings (SSSR count). The summed E-state index contributed by atoms with van der Waals surface area (Å²) < 4.78 is 0. The molecule has 0 aliphatic carbocycles. The van der Waals surface area contributed by atoms with E-state index in [0.29, 0.717) is 12.6 Å². The highest BCUT2D eigenvalue weighted by Crippen LogP contribution is 2.05. The van der Waals surface area contributed by atoms with Crippen molar-refractivity contribution >= 4 is 29.9 Å². The summed E-state index contributed by atoms with van der Waals surface area (Å²) in [5, 5.41) is 6.31. The molecule has 0 radical (unpaired) electrons. The highest BCUT2D eigenvalue weighted by Gasteiger charge is 2.18. The molecule has 1 saturated heterocycles. The summed E-state index contributed by atoms with van der Waals surface area (Å²) in [5.74, 6) is 3.37. The van der Waals surface area contributed by atoms with Crippen molar-refractivity contribution in [3.05, 3.63) is 0 Å². The predicted octanol–water partition coefficient (Wildman–Crippen LogP) is 0.429. The standard InChI is InChI=1S/C14H27N5.HI/c1-5-7-16-14(15-6-2)17-12-13(3)19-10-8-18(4)9-11-19;/h1,13H,6-12H2,2-4H3,(H2,15,16,17);1H. The van der Waals surface area contributed by atoms with Crippen LogP contribution in [0.15, 0.2) is 4.99 Å². The number of rotatable bonds is 5. The van der Waals surface area contributed by atoms with Crippen LogP contribution in [-0.2, 0) is 0 Å². The lowest BCUT2D eigenvalue weighted by molar-refractivity contribution is 0.122. The molecule has 0 spiro atoms. The van der Waals surface area contributed by atoms with E-state index in [1.807, 2.05) is 0 Å². The van der Waals surface area contributed by atoms with Gasteiger partial charge in [-0.05, 0) is 20.9 Å². The Hall–Kier alpha value is -0.520. The zero-order chi connectivity index (χ0) is 14.1. The van der Waals surface area contributed by atoms with Gasteiger partial charge < -0.3 is 15.5 Å². The van der Waals surface area contributed by atoms with Gasteiger partial charge in [0.1, 0.15) is 0 Å². The van der Waals surface area contributed by atoms with Gasteiger partial charge in [0, 0.05) is 38.8 Å². The Labute approximate surface area is 140 Å². The fourth-order valence-corrected chi connectivity index (χ4v) is 2.08. The van der Waals surface area contributed by atoms with E-state index >= 15 is 0 Å². The van der Waals surface area contributed by atoms with E-state index in [2.05, 4.69) is 52.2 Å². The Morgan fingerprint density at radius 3 is 2.50 bits per heavy atom. The van der Waals surface area contributed by atoms with Gasteiger partial charge in [-0.1, -0.05) is 5.92 Å². The van der Waals surface area contributed by atoms with E-state index in [9.17, 15) is 0 Å². The molecule has 6 heteroatoms. The van der Waals surface area contributed by atoms with E-state index in [1.54, 1.807) is 0 Å². The van der Waals surface area contributed by atoms with Crippen molar-refractivity contribution < 1.29 is 0 Å². The maximum atomic E-state index is 5.25. The molecular formula is C14H28IN5. The van der Waals surface area contributed by atoms with E-state index in [-0.39, 0.29) is 24.0 Å². The van der Waals surface area contributed by atoms with Crippen LogP contribution >= 0.6 is 24.0 Å². The third kappa shape index (κ3) is 7.31. The fourth-order valence-electron chi connectivity index (χ4n) is 2.08. The highest BCUT2D eigenvalue weighted by atomic mass is 127. The minimum Gasteiger partial charge on any atom is -0.357 e. The number of nitrogens with zero attached hydrogens (tertiary/aromatic N) is 3. The van der Waals surface area contributed by atoms with E-state index in [4.69, 9.17) is 6.42 Å². The third-order valence-electron chi connectivity index (χ3n) is 3.38. The molecule has 20 heavy (non-hydrogen) atoms. The molecule has 1 aliphatic heterocycles. The lowest BCUT2D eigenvalue weighted by atomic mass is 10.2. The molecule has 1 fully saturated rings. The van der Waals surface area contributed by atoms with Crippen LogP contribution in [0.1, 0.15) is 13.8 Å². The average molecular weight is 393 g/mol. The minimum absolute atomic E-state index is 0. The summed E-state index contributed by atoms with van der Waals surface area (Å²) in [6.07, 6.45) is 5.25. The number of nitrogens with one attached hydrogen (secondary N) is 2. The van der Waals surface area contributed by atoms with Crippen molar-refractivity contribution in [3.63, 3.8) is 0 Å². The Kier molecular flexibility index (Phi) is 10.9. The zero-order valence-corrected chi connectivity index (χ0v) is 15.2. The summed E-state index contributed by atoms with van der Waals surface area (Å²) in [6.45, 7) is 11.0. The van der Waals surface area contributed by atoms with Crippen LogP contribution in [0.5, 0.6) is 0 Å². The lowest BCUT2D eigenvalue weighted by Gasteiger charge is -2.35. The fraction of sp³-hybridized carbons (Fsp3) is 0.786. The molecule has 2 N–H and O–H groups in total. The number of hydrogen-bond donors (Lipinski definition) is 2. The van der Waals surface area contributed by atoms with Crippen LogP contribution in [0.25, 0.3) is 0 Å². The number of piperazine rings is 1. The molecule has 0 saturated carbocycles. The van der Waals surface area contributed by atoms with Crippen molar-refractivity contribution in [3.8, 4) is 12.3 Å². The van der Waals surface area contributed by atoms with Crippen LogP contribution in [-0.4, -0.2) is 74.7 Å². The van der Waals surface area contributed by atoms with Gasteiger partial charge in [0.15, 0.2) is 5.96 Å². The first-order valence-electron chi connectivity index (χ1n) is 7.05. The molecule has 116 valence electrons. The van der Waals surface area contributed by atoms with Crippen molar-refractivity contribution in [1.82, 2.24) is 20.4 Å². The number of halogens is 1. The van der Waals surface area contributed by atoms with Gasteiger partial charge in [0.05, 0.1) is 13.1 Å². The SMILES string of the molecule is C#CCNC(=NCC(C)N1CCN(C)CC1)NCC.I. The van der Waals surface area contributed by atoms with E-state index in [0.717, 1.165) is 45.2 Å². The molecule has 5 nitrogen and oxygen atoms in total. The van der Waals surface area contributed by atoms with Crippen LogP contribution in [0.4, 0.5) is 0 Å². The largest absolute Gasteiger partial charge is 0.357 e. The number of aliphatic imine (C=N–C) groups is 1. The van der Waals surface area contributed by atoms with Crippen molar-refractivity contribution in [2.45, 2.75) is 19.9 Å². The van der Waals surface area contributed by atoms with Gasteiger partial charge in [-0.15, -0.1) is 30.4 Å². The molecule has 0 amide bonds. The number of hydrogen-bond acceptors (Lipinski definition) is 3. The second-order valence-corrected chi connectivity index (χ2v) is 4.97. The number of terminal acetylenes is 1.